The number of H-pyrrole nitrogens is 2. The van der Waals surface area contributed by atoms with Crippen molar-refractivity contribution in [3.8, 4) is 5.75 Å². The minimum Gasteiger partial charge on any atom is -0.497 e. The lowest BCUT2D eigenvalue weighted by atomic mass is 10.1. The maximum Gasteiger partial charge on any atom is 0.326 e. The first-order chi connectivity index (χ1) is 12.1. The van der Waals surface area contributed by atoms with Gasteiger partial charge < -0.3 is 14.1 Å². The van der Waals surface area contributed by atoms with E-state index in [2.05, 4.69) is 9.97 Å². The summed E-state index contributed by atoms with van der Waals surface area (Å²) in [6.45, 7) is 0. The van der Waals surface area contributed by atoms with Crippen molar-refractivity contribution in [3.63, 3.8) is 0 Å². The standard InChI is InChI=1S/C18H13N3O4/c1-25-11-7-5-10(6-8-11)16(22)15-14-13(17(23)20-18(24)19-14)12-4-2-3-9-21(12)15/h2-9H,1H3,(H2,19,20,23,24). The average molecular weight is 335 g/mol. The highest BCUT2D eigenvalue weighted by atomic mass is 16.5. The Morgan fingerprint density at radius 2 is 1.80 bits per heavy atom. The average Bonchev–Trinajstić information content (AvgIpc) is 2.95. The first-order valence-corrected chi connectivity index (χ1v) is 7.54. The van der Waals surface area contributed by atoms with Crippen molar-refractivity contribution in [2.45, 2.75) is 0 Å². The van der Waals surface area contributed by atoms with Crippen molar-refractivity contribution >= 4 is 22.2 Å². The molecule has 7 nitrogen and oxygen atoms in total. The van der Waals surface area contributed by atoms with Crippen LogP contribution in [0.4, 0.5) is 0 Å². The van der Waals surface area contributed by atoms with Gasteiger partial charge in [-0.1, -0.05) is 6.07 Å². The summed E-state index contributed by atoms with van der Waals surface area (Å²) in [7, 11) is 1.54. The lowest BCUT2D eigenvalue weighted by Gasteiger charge is -2.04. The number of carbonyl (C=O) groups is 1. The Bertz CT molecular complexity index is 1230. The third-order valence-electron chi connectivity index (χ3n) is 4.10. The Kier molecular flexibility index (Phi) is 3.28. The number of ether oxygens (including phenoxy) is 1. The Morgan fingerprint density at radius 1 is 1.04 bits per heavy atom. The molecule has 7 heteroatoms. The molecule has 0 saturated carbocycles. The van der Waals surface area contributed by atoms with Crippen LogP contribution >= 0.6 is 0 Å². The Labute approximate surface area is 140 Å². The van der Waals surface area contributed by atoms with Crippen molar-refractivity contribution in [3.05, 3.63) is 80.8 Å². The molecular weight excluding hydrogens is 322 g/mol. The number of aromatic amines is 2. The van der Waals surface area contributed by atoms with Crippen molar-refractivity contribution in [1.82, 2.24) is 14.4 Å². The molecule has 2 N–H and O–H groups in total. The van der Waals surface area contributed by atoms with Crippen molar-refractivity contribution in [2.24, 2.45) is 0 Å². The molecule has 124 valence electrons. The second-order valence-electron chi connectivity index (χ2n) is 5.52. The predicted octanol–water partition coefficient (Wildman–Crippen LogP) is 1.71. The van der Waals surface area contributed by atoms with E-state index in [-0.39, 0.29) is 22.4 Å². The van der Waals surface area contributed by atoms with Gasteiger partial charge in [0.1, 0.15) is 11.4 Å². The van der Waals surface area contributed by atoms with Crippen LogP contribution in [-0.4, -0.2) is 27.3 Å². The molecule has 0 fully saturated rings. The van der Waals surface area contributed by atoms with Crippen LogP contribution in [0, 0.1) is 0 Å². The van der Waals surface area contributed by atoms with E-state index in [1.165, 1.54) is 0 Å². The molecule has 4 aromatic rings. The van der Waals surface area contributed by atoms with Crippen LogP contribution in [0.15, 0.2) is 58.3 Å². The highest BCUT2D eigenvalue weighted by Crippen LogP contribution is 2.24. The second kappa shape index (κ2) is 5.48. The van der Waals surface area contributed by atoms with E-state index in [9.17, 15) is 14.4 Å². The van der Waals surface area contributed by atoms with Gasteiger partial charge in [0.15, 0.2) is 0 Å². The van der Waals surface area contributed by atoms with Gasteiger partial charge >= 0.3 is 5.69 Å². The molecule has 0 unspecified atom stereocenters. The number of nitrogens with zero attached hydrogens (tertiary/aromatic N) is 1. The first kappa shape index (κ1) is 14.9. The van der Waals surface area contributed by atoms with Gasteiger partial charge in [-0.2, -0.15) is 0 Å². The minimum absolute atomic E-state index is 0.223. The van der Waals surface area contributed by atoms with Gasteiger partial charge in [0.25, 0.3) is 5.56 Å². The van der Waals surface area contributed by atoms with Gasteiger partial charge in [-0.15, -0.1) is 0 Å². The summed E-state index contributed by atoms with van der Waals surface area (Å²) in [5, 5.41) is 0.275. The van der Waals surface area contributed by atoms with E-state index in [1.54, 1.807) is 60.2 Å². The monoisotopic (exact) mass is 335 g/mol. The summed E-state index contributed by atoms with van der Waals surface area (Å²) in [4.78, 5) is 41.8. The third-order valence-corrected chi connectivity index (χ3v) is 4.10. The topological polar surface area (TPSA) is 96.4 Å². The third kappa shape index (κ3) is 2.25. The summed E-state index contributed by atoms with van der Waals surface area (Å²) in [5.41, 5.74) is 0.243. The number of benzene rings is 1. The number of methoxy groups -OCH3 is 1. The molecular formula is C18H13N3O4. The summed E-state index contributed by atoms with van der Waals surface area (Å²) in [5.74, 6) is 0.325. The fourth-order valence-corrected chi connectivity index (χ4v) is 2.97. The zero-order valence-corrected chi connectivity index (χ0v) is 13.2. The van der Waals surface area contributed by atoms with Gasteiger partial charge in [-0.05, 0) is 36.4 Å². The molecule has 0 aliphatic heterocycles. The van der Waals surface area contributed by atoms with Crippen molar-refractivity contribution in [1.29, 1.82) is 0 Å². The molecule has 0 saturated heterocycles. The maximum atomic E-state index is 13.1. The van der Waals surface area contributed by atoms with Gasteiger partial charge in [-0.3, -0.25) is 14.6 Å². The molecule has 0 aliphatic rings. The normalized spacial score (nSPS) is 11.1. The number of hydrogen-bond acceptors (Lipinski definition) is 4. The van der Waals surface area contributed by atoms with Crippen LogP contribution in [0.1, 0.15) is 16.1 Å². The summed E-state index contributed by atoms with van der Waals surface area (Å²) < 4.78 is 6.72. The number of carbonyl (C=O) groups excluding carboxylic acids is 1. The molecule has 0 radical (unpaired) electrons. The van der Waals surface area contributed by atoms with Crippen LogP contribution in [0.2, 0.25) is 0 Å². The molecule has 3 heterocycles. The SMILES string of the molecule is COc1ccc(C(=O)c2c3[nH]c(=O)[nH]c(=O)c3c3ccccn23)cc1. The number of hydrogen-bond donors (Lipinski definition) is 2. The molecule has 0 atom stereocenters. The fraction of sp³-hybridized carbons (Fsp3) is 0.0556. The Hall–Kier alpha value is -3.61. The van der Waals surface area contributed by atoms with Gasteiger partial charge in [0, 0.05) is 11.8 Å². The molecule has 0 amide bonds. The van der Waals surface area contributed by atoms with E-state index in [0.717, 1.165) is 0 Å². The van der Waals surface area contributed by atoms with E-state index in [0.29, 0.717) is 16.8 Å². The smallest absolute Gasteiger partial charge is 0.326 e. The molecule has 3 aromatic heterocycles. The Morgan fingerprint density at radius 3 is 2.52 bits per heavy atom. The number of ketones is 1. The number of aromatic nitrogens is 3. The largest absolute Gasteiger partial charge is 0.497 e. The van der Waals surface area contributed by atoms with Crippen LogP contribution in [0.5, 0.6) is 5.75 Å². The molecule has 25 heavy (non-hydrogen) atoms. The lowest BCUT2D eigenvalue weighted by Crippen LogP contribution is -2.21. The minimum atomic E-state index is -0.655. The van der Waals surface area contributed by atoms with Crippen LogP contribution in [-0.2, 0) is 0 Å². The Balaban J connectivity index is 2.06. The number of rotatable bonds is 3. The highest BCUT2D eigenvalue weighted by Gasteiger charge is 2.22. The lowest BCUT2D eigenvalue weighted by molar-refractivity contribution is 0.103. The molecule has 0 bridgehead atoms. The molecule has 0 aliphatic carbocycles. The van der Waals surface area contributed by atoms with E-state index < -0.39 is 11.2 Å². The van der Waals surface area contributed by atoms with Gasteiger partial charge in [0.2, 0.25) is 5.78 Å². The van der Waals surface area contributed by atoms with Gasteiger partial charge in [0.05, 0.1) is 23.5 Å². The summed E-state index contributed by atoms with van der Waals surface area (Å²) >= 11 is 0. The summed E-state index contributed by atoms with van der Waals surface area (Å²) in [6, 6.07) is 11.9. The fourth-order valence-electron chi connectivity index (χ4n) is 2.97. The zero-order chi connectivity index (χ0) is 17.6. The van der Waals surface area contributed by atoms with Gasteiger partial charge in [-0.25, -0.2) is 4.79 Å². The zero-order valence-electron chi connectivity index (χ0n) is 13.2. The highest BCUT2D eigenvalue weighted by molar-refractivity contribution is 6.17. The van der Waals surface area contributed by atoms with Crippen LogP contribution < -0.4 is 16.0 Å². The molecule has 4 rings (SSSR count). The maximum absolute atomic E-state index is 13.1. The van der Waals surface area contributed by atoms with E-state index in [1.807, 2.05) is 0 Å². The van der Waals surface area contributed by atoms with Crippen LogP contribution in [0.25, 0.3) is 16.4 Å². The van der Waals surface area contributed by atoms with Crippen LogP contribution in [0.3, 0.4) is 0 Å². The first-order valence-electron chi connectivity index (χ1n) is 7.54. The number of fused-ring (bicyclic) bond motifs is 3. The van der Waals surface area contributed by atoms with E-state index >= 15 is 0 Å². The predicted molar refractivity (Wildman–Crippen MR) is 92.6 cm³/mol. The number of pyridine rings is 1. The summed E-state index contributed by atoms with van der Waals surface area (Å²) in [6.07, 6.45) is 1.68. The quantitative estimate of drug-likeness (QED) is 0.557. The van der Waals surface area contributed by atoms with Crippen molar-refractivity contribution in [2.75, 3.05) is 7.11 Å². The van der Waals surface area contributed by atoms with E-state index in [4.69, 9.17) is 4.74 Å². The second-order valence-corrected chi connectivity index (χ2v) is 5.52. The van der Waals surface area contributed by atoms with Crippen molar-refractivity contribution < 1.29 is 9.53 Å². The number of nitrogens with one attached hydrogen (secondary N) is 2. The molecule has 1 aromatic carbocycles. The molecule has 0 spiro atoms.